The van der Waals surface area contributed by atoms with Crippen LogP contribution in [-0.4, -0.2) is 34.9 Å². The van der Waals surface area contributed by atoms with Crippen molar-refractivity contribution in [3.8, 4) is 0 Å². The maximum atomic E-state index is 12.1. The van der Waals surface area contributed by atoms with Crippen molar-refractivity contribution in [1.29, 1.82) is 0 Å². The van der Waals surface area contributed by atoms with E-state index in [1.54, 1.807) is 0 Å². The van der Waals surface area contributed by atoms with Crippen molar-refractivity contribution in [1.82, 2.24) is 0 Å². The minimum Gasteiger partial charge on any atom is -0.466 e. The second kappa shape index (κ2) is 45.8. The topological polar surface area (TPSA) is 110 Å². The van der Waals surface area contributed by atoms with Crippen LogP contribution < -0.4 is 0 Å². The Morgan fingerprint density at radius 2 is 0.625 bits per heavy atom. The minimum absolute atomic E-state index is 0.0558. The molecule has 0 spiro atoms. The standard InChI is InChI=1S/2C32H56O2.HO3P/c2*1-6-7-8-9-10-11-12-13-14-15-16-17-18-19-20-21-24-34-31(33)23-22-29-25-28(2)26-30(27-29)32(3,4)5;1-4(2)3/h2*25-27H,6-24H2,1-5H3;(H-,1,2,3)/p+1. The second-order valence-electron chi connectivity index (χ2n) is 23.2. The third-order valence-corrected chi connectivity index (χ3v) is 13.8. The van der Waals surface area contributed by atoms with E-state index in [9.17, 15) is 9.59 Å². The Hall–Kier alpha value is -2.60. The molecule has 2 aromatic carbocycles. The fraction of sp³-hybridized carbons (Fsp3) is 0.781. The molecule has 0 unspecified atom stereocenters. The SMILES string of the molecule is CCCCCCCCCCCCCCCCCCOC(=O)CCc1cc(C)cc(C(C)(C)C)c1.CCCCCCCCCCCCCCCCCCOC(=O)CCc1cc(C)cc(C(C)(C)C)c1.O=[P+](O)O. The number of rotatable bonds is 40. The Labute approximate surface area is 445 Å². The quantitative estimate of drug-likeness (QED) is 0.0389. The smallest absolute Gasteiger partial charge is 0.466 e. The Morgan fingerprint density at radius 1 is 0.403 bits per heavy atom. The summed E-state index contributed by atoms with van der Waals surface area (Å²) >= 11 is 0. The molecule has 0 aliphatic rings. The van der Waals surface area contributed by atoms with Crippen LogP contribution in [0.5, 0.6) is 0 Å². The summed E-state index contributed by atoms with van der Waals surface area (Å²) < 4.78 is 19.6. The third-order valence-electron chi connectivity index (χ3n) is 13.8. The van der Waals surface area contributed by atoms with E-state index in [0.717, 1.165) is 25.7 Å². The van der Waals surface area contributed by atoms with Gasteiger partial charge in [-0.2, -0.15) is 0 Å². The lowest BCUT2D eigenvalue weighted by Gasteiger charge is -2.20. The highest BCUT2D eigenvalue weighted by Gasteiger charge is 2.17. The fourth-order valence-electron chi connectivity index (χ4n) is 9.19. The average Bonchev–Trinajstić information content (AvgIpc) is 3.31. The highest BCUT2D eigenvalue weighted by atomic mass is 31.1. The van der Waals surface area contributed by atoms with Crippen molar-refractivity contribution in [2.24, 2.45) is 0 Å². The first-order valence-corrected chi connectivity index (χ1v) is 30.9. The number of esters is 2. The largest absolute Gasteiger partial charge is 0.692 e. The van der Waals surface area contributed by atoms with Crippen LogP contribution in [0.3, 0.4) is 0 Å². The highest BCUT2D eigenvalue weighted by Crippen LogP contribution is 2.27. The van der Waals surface area contributed by atoms with Crippen molar-refractivity contribution in [2.45, 2.75) is 311 Å². The zero-order chi connectivity index (χ0) is 53.7. The number of benzene rings is 2. The van der Waals surface area contributed by atoms with Crippen LogP contribution in [0.25, 0.3) is 0 Å². The van der Waals surface area contributed by atoms with E-state index < -0.39 is 8.25 Å². The van der Waals surface area contributed by atoms with E-state index in [1.807, 2.05) is 0 Å². The minimum atomic E-state index is -2.87. The monoisotopic (exact) mass is 1030 g/mol. The molecule has 0 radical (unpaired) electrons. The van der Waals surface area contributed by atoms with Gasteiger partial charge in [-0.3, -0.25) is 9.59 Å². The summed E-state index contributed by atoms with van der Waals surface area (Å²) in [6.45, 7) is 23.4. The van der Waals surface area contributed by atoms with Gasteiger partial charge in [0, 0.05) is 17.4 Å². The molecule has 0 saturated carbocycles. The summed E-state index contributed by atoms with van der Waals surface area (Å²) in [4.78, 5) is 38.5. The van der Waals surface area contributed by atoms with Crippen LogP contribution >= 0.6 is 8.25 Å². The summed E-state index contributed by atoms with van der Waals surface area (Å²) in [6.07, 6.45) is 46.0. The number of unbranched alkanes of at least 4 members (excludes halogenated alkanes) is 30. The lowest BCUT2D eigenvalue weighted by Crippen LogP contribution is -2.12. The molecular weight excluding hydrogens is 912 g/mol. The highest BCUT2D eigenvalue weighted by molar-refractivity contribution is 7.30. The van der Waals surface area contributed by atoms with Crippen LogP contribution in [0.2, 0.25) is 0 Å². The molecule has 0 aromatic heterocycles. The Kier molecular flexibility index (Phi) is 44.1. The van der Waals surface area contributed by atoms with Crippen molar-refractivity contribution >= 4 is 20.2 Å². The van der Waals surface area contributed by atoms with Crippen molar-refractivity contribution in [2.75, 3.05) is 13.2 Å². The number of ether oxygens (including phenoxy) is 2. The molecule has 7 nitrogen and oxygen atoms in total. The molecule has 0 fully saturated rings. The van der Waals surface area contributed by atoms with Gasteiger partial charge in [-0.25, -0.2) is 0 Å². The van der Waals surface area contributed by atoms with E-state index in [1.165, 1.54) is 226 Å². The zero-order valence-electron chi connectivity index (χ0n) is 48.7. The van der Waals surface area contributed by atoms with Gasteiger partial charge in [-0.1, -0.05) is 296 Å². The van der Waals surface area contributed by atoms with Gasteiger partial charge in [-0.05, 0) is 72.6 Å². The first-order chi connectivity index (χ1) is 34.4. The van der Waals surface area contributed by atoms with Crippen LogP contribution in [0.1, 0.15) is 307 Å². The van der Waals surface area contributed by atoms with Gasteiger partial charge in [0.05, 0.1) is 13.2 Å². The summed E-state index contributed by atoms with van der Waals surface area (Å²) in [5.74, 6) is -0.112. The van der Waals surface area contributed by atoms with Gasteiger partial charge >= 0.3 is 20.2 Å². The van der Waals surface area contributed by atoms with Crippen molar-refractivity contribution in [3.63, 3.8) is 0 Å². The molecule has 72 heavy (non-hydrogen) atoms. The van der Waals surface area contributed by atoms with Gasteiger partial charge in [-0.15, -0.1) is 9.79 Å². The number of carbonyl (C=O) groups is 2. The molecule has 0 bridgehead atoms. The molecule has 8 heteroatoms. The molecular formula is C64H114O7P+. The van der Waals surface area contributed by atoms with E-state index in [-0.39, 0.29) is 22.8 Å². The predicted molar refractivity (Wildman–Crippen MR) is 309 cm³/mol. The van der Waals surface area contributed by atoms with Crippen LogP contribution in [0.15, 0.2) is 36.4 Å². The summed E-state index contributed by atoms with van der Waals surface area (Å²) in [5.41, 5.74) is 7.96. The number of hydrogen-bond acceptors (Lipinski definition) is 5. The van der Waals surface area contributed by atoms with Crippen LogP contribution in [0.4, 0.5) is 0 Å². The van der Waals surface area contributed by atoms with Gasteiger partial charge in [0.2, 0.25) is 0 Å². The molecule has 0 amide bonds. The second-order valence-corrected chi connectivity index (χ2v) is 23.7. The third kappa shape index (κ3) is 44.8. The molecule has 0 aliphatic heterocycles. The molecule has 0 atom stereocenters. The molecule has 2 aromatic rings. The Morgan fingerprint density at radius 3 is 0.847 bits per heavy atom. The zero-order valence-corrected chi connectivity index (χ0v) is 49.6. The van der Waals surface area contributed by atoms with Gasteiger partial charge in [0.25, 0.3) is 0 Å². The molecule has 0 aliphatic carbocycles. The normalized spacial score (nSPS) is 11.4. The van der Waals surface area contributed by atoms with E-state index in [2.05, 4.69) is 106 Å². The van der Waals surface area contributed by atoms with Gasteiger partial charge < -0.3 is 9.47 Å². The van der Waals surface area contributed by atoms with E-state index in [4.69, 9.17) is 23.8 Å². The number of aryl methyl sites for hydroxylation is 4. The molecule has 2 N–H and O–H groups in total. The Bertz CT molecular complexity index is 1510. The fourth-order valence-corrected chi connectivity index (χ4v) is 9.19. The summed E-state index contributed by atoms with van der Waals surface area (Å²) in [5, 5.41) is 0. The maximum absolute atomic E-state index is 12.1. The summed E-state index contributed by atoms with van der Waals surface area (Å²) in [6, 6.07) is 13.4. The maximum Gasteiger partial charge on any atom is 0.692 e. The lowest BCUT2D eigenvalue weighted by atomic mass is 9.84. The van der Waals surface area contributed by atoms with Gasteiger partial charge in [0.15, 0.2) is 0 Å². The number of hydrogen-bond donors (Lipinski definition) is 2. The van der Waals surface area contributed by atoms with Crippen molar-refractivity contribution < 1.29 is 33.4 Å². The van der Waals surface area contributed by atoms with Crippen LogP contribution in [-0.2, 0) is 47.3 Å². The summed E-state index contributed by atoms with van der Waals surface area (Å²) in [7, 11) is -2.87. The molecule has 0 saturated heterocycles. The molecule has 2 rings (SSSR count). The van der Waals surface area contributed by atoms with E-state index in [0.29, 0.717) is 26.1 Å². The molecule has 0 heterocycles. The predicted octanol–water partition coefficient (Wildman–Crippen LogP) is 19.7. The molecule has 416 valence electrons. The van der Waals surface area contributed by atoms with Gasteiger partial charge in [0.1, 0.15) is 0 Å². The first-order valence-electron chi connectivity index (χ1n) is 29.8. The van der Waals surface area contributed by atoms with E-state index >= 15 is 0 Å². The Balaban J connectivity index is 0.00000130. The number of carbonyl (C=O) groups excluding carboxylic acids is 2. The average molecular weight is 1030 g/mol. The first kappa shape index (κ1) is 69.4. The van der Waals surface area contributed by atoms with Crippen LogP contribution in [0, 0.1) is 13.8 Å². The lowest BCUT2D eigenvalue weighted by molar-refractivity contribution is -0.144. The van der Waals surface area contributed by atoms with Crippen molar-refractivity contribution in [3.05, 3.63) is 69.8 Å².